The van der Waals surface area contributed by atoms with E-state index >= 15 is 0 Å². The van der Waals surface area contributed by atoms with E-state index in [4.69, 9.17) is 5.26 Å². The van der Waals surface area contributed by atoms with Crippen molar-refractivity contribution in [1.29, 1.82) is 10.5 Å². The monoisotopic (exact) mass is 347 g/mol. The topological polar surface area (TPSA) is 82.7 Å². The molecule has 26 heavy (non-hydrogen) atoms. The SMILES string of the molecule is Cc1c(CCC#N)c(NCCN(C)C)[n+]2c([nH]c3ccccc32)c1C#N. The Bertz CT molecular complexity index is 1030. The second-order valence-electron chi connectivity index (χ2n) is 6.65. The molecule has 1 aromatic carbocycles. The molecule has 2 N–H and O–H groups in total. The molecule has 0 bridgehead atoms. The Balaban J connectivity index is 2.30. The lowest BCUT2D eigenvalue weighted by atomic mass is 10.0. The predicted molar refractivity (Wildman–Crippen MR) is 102 cm³/mol. The van der Waals surface area contributed by atoms with Gasteiger partial charge in [0.1, 0.15) is 22.7 Å². The Morgan fingerprint density at radius 2 is 2.00 bits per heavy atom. The largest absolute Gasteiger partial charge is 0.306 e. The molecule has 2 heterocycles. The minimum atomic E-state index is 0.419. The summed E-state index contributed by atoms with van der Waals surface area (Å²) in [5.41, 5.74) is 5.39. The van der Waals surface area contributed by atoms with Crippen molar-refractivity contribution in [2.75, 3.05) is 32.5 Å². The molecule has 0 saturated heterocycles. The number of rotatable bonds is 6. The Kier molecular flexibility index (Phi) is 5.06. The van der Waals surface area contributed by atoms with Gasteiger partial charge in [0.25, 0.3) is 0 Å². The predicted octanol–water partition coefficient (Wildman–Crippen LogP) is 2.52. The van der Waals surface area contributed by atoms with Crippen LogP contribution in [-0.4, -0.2) is 37.1 Å². The van der Waals surface area contributed by atoms with Crippen LogP contribution in [0.15, 0.2) is 24.3 Å². The smallest absolute Gasteiger partial charge is 0.250 e. The molecule has 3 rings (SSSR count). The zero-order valence-electron chi connectivity index (χ0n) is 15.4. The van der Waals surface area contributed by atoms with E-state index in [0.29, 0.717) is 18.4 Å². The molecule has 0 saturated carbocycles. The van der Waals surface area contributed by atoms with E-state index in [0.717, 1.165) is 46.7 Å². The highest BCUT2D eigenvalue weighted by Gasteiger charge is 2.25. The lowest BCUT2D eigenvalue weighted by Crippen LogP contribution is -2.32. The van der Waals surface area contributed by atoms with Crippen molar-refractivity contribution < 1.29 is 4.40 Å². The van der Waals surface area contributed by atoms with Crippen molar-refractivity contribution in [2.24, 2.45) is 0 Å². The summed E-state index contributed by atoms with van der Waals surface area (Å²) in [6, 6.07) is 12.6. The van der Waals surface area contributed by atoms with Gasteiger partial charge in [0.2, 0.25) is 11.5 Å². The molecule has 0 unspecified atom stereocenters. The summed E-state index contributed by atoms with van der Waals surface area (Å²) in [6.07, 6.45) is 1.03. The van der Waals surface area contributed by atoms with E-state index in [-0.39, 0.29) is 0 Å². The van der Waals surface area contributed by atoms with Crippen molar-refractivity contribution in [1.82, 2.24) is 9.88 Å². The molecule has 0 fully saturated rings. The molecule has 0 atom stereocenters. The molecule has 3 aromatic rings. The van der Waals surface area contributed by atoms with Gasteiger partial charge in [0.05, 0.1) is 12.6 Å². The van der Waals surface area contributed by atoms with Crippen LogP contribution in [0.2, 0.25) is 0 Å². The van der Waals surface area contributed by atoms with Gasteiger partial charge in [0.15, 0.2) is 0 Å². The molecule has 0 aliphatic rings. The summed E-state index contributed by atoms with van der Waals surface area (Å²) >= 11 is 0. The van der Waals surface area contributed by atoms with Crippen LogP contribution in [0.1, 0.15) is 23.1 Å². The quantitative estimate of drug-likeness (QED) is 0.671. The molecule has 132 valence electrons. The van der Waals surface area contributed by atoms with Crippen LogP contribution in [0.3, 0.4) is 0 Å². The van der Waals surface area contributed by atoms with E-state index in [1.807, 2.05) is 45.3 Å². The van der Waals surface area contributed by atoms with E-state index in [9.17, 15) is 5.26 Å². The van der Waals surface area contributed by atoms with Gasteiger partial charge in [-0.3, -0.25) is 4.98 Å². The summed E-state index contributed by atoms with van der Waals surface area (Å²) in [4.78, 5) is 5.51. The second kappa shape index (κ2) is 7.43. The van der Waals surface area contributed by atoms with Crippen molar-refractivity contribution >= 4 is 22.5 Å². The van der Waals surface area contributed by atoms with E-state index < -0.39 is 0 Å². The molecule has 0 aliphatic heterocycles. The standard InChI is InChI=1S/C20H22N6/c1-14-15(7-6-10-21)19(23-11-12-25(2)3)26-18-9-5-4-8-17(18)24-20(26)16(14)13-22/h4-5,8-9H,6-7,11-12H2,1-3H3,(H,23,24)/p+1. The van der Waals surface area contributed by atoms with Gasteiger partial charge in [-0.25, -0.2) is 0 Å². The second-order valence-corrected chi connectivity index (χ2v) is 6.65. The van der Waals surface area contributed by atoms with Crippen molar-refractivity contribution in [3.8, 4) is 12.1 Å². The summed E-state index contributed by atoms with van der Waals surface area (Å²) < 4.78 is 2.09. The first-order valence-electron chi connectivity index (χ1n) is 8.72. The minimum Gasteiger partial charge on any atom is -0.306 e. The maximum atomic E-state index is 9.76. The number of nitrogens with zero attached hydrogens (tertiary/aromatic N) is 4. The molecule has 6 nitrogen and oxygen atoms in total. The Morgan fingerprint density at radius 1 is 1.23 bits per heavy atom. The number of hydrogen-bond donors (Lipinski definition) is 2. The number of aromatic nitrogens is 2. The fraction of sp³-hybridized carbons (Fsp3) is 0.350. The fourth-order valence-electron chi connectivity index (χ4n) is 3.33. The minimum absolute atomic E-state index is 0.419. The average Bonchev–Trinajstić information content (AvgIpc) is 3.00. The Hall–Kier alpha value is -3.09. The van der Waals surface area contributed by atoms with Crippen LogP contribution >= 0.6 is 0 Å². The van der Waals surface area contributed by atoms with Gasteiger partial charge < -0.3 is 10.2 Å². The summed E-state index contributed by atoms with van der Waals surface area (Å²) in [6.45, 7) is 3.63. The van der Waals surface area contributed by atoms with Gasteiger partial charge in [-0.2, -0.15) is 14.9 Å². The number of likely N-dealkylation sites (N-methyl/N-ethyl adjacent to an activating group) is 1. The van der Waals surface area contributed by atoms with Crippen LogP contribution in [-0.2, 0) is 6.42 Å². The van der Waals surface area contributed by atoms with Gasteiger partial charge in [-0.1, -0.05) is 12.1 Å². The number of nitrogens with one attached hydrogen (secondary N) is 2. The van der Waals surface area contributed by atoms with Crippen LogP contribution in [0.25, 0.3) is 16.7 Å². The van der Waals surface area contributed by atoms with Crippen molar-refractivity contribution in [3.63, 3.8) is 0 Å². The first kappa shape index (κ1) is 17.7. The number of pyridine rings is 1. The number of aromatic amines is 1. The number of para-hydroxylation sites is 2. The third-order valence-electron chi connectivity index (χ3n) is 4.65. The van der Waals surface area contributed by atoms with Crippen molar-refractivity contribution in [3.05, 3.63) is 41.0 Å². The highest BCUT2D eigenvalue weighted by Crippen LogP contribution is 2.26. The lowest BCUT2D eigenvalue weighted by Gasteiger charge is -2.14. The number of benzene rings is 1. The maximum Gasteiger partial charge on any atom is 0.250 e. The Morgan fingerprint density at radius 3 is 2.69 bits per heavy atom. The summed E-state index contributed by atoms with van der Waals surface area (Å²) in [5, 5.41) is 22.4. The molecule has 0 spiro atoms. The number of imidazole rings is 1. The number of fused-ring (bicyclic) bond motifs is 3. The number of anilines is 1. The first-order chi connectivity index (χ1) is 12.6. The van der Waals surface area contributed by atoms with Crippen LogP contribution in [0, 0.1) is 29.6 Å². The van der Waals surface area contributed by atoms with Crippen LogP contribution in [0.5, 0.6) is 0 Å². The average molecular weight is 347 g/mol. The van der Waals surface area contributed by atoms with Gasteiger partial charge >= 0.3 is 0 Å². The normalized spacial score (nSPS) is 11.0. The maximum absolute atomic E-state index is 9.76. The Labute approximate surface area is 153 Å². The number of hydrogen-bond acceptors (Lipinski definition) is 4. The van der Waals surface area contributed by atoms with Gasteiger partial charge in [-0.05, 0) is 45.1 Å². The molecule has 2 aromatic heterocycles. The third kappa shape index (κ3) is 3.08. The van der Waals surface area contributed by atoms with Crippen LogP contribution in [0.4, 0.5) is 5.82 Å². The first-order valence-corrected chi connectivity index (χ1v) is 8.72. The third-order valence-corrected chi connectivity index (χ3v) is 4.65. The molecular formula is C20H23N6+. The molecule has 0 amide bonds. The highest BCUT2D eigenvalue weighted by atomic mass is 15.1. The van der Waals surface area contributed by atoms with Gasteiger partial charge in [0, 0.05) is 18.5 Å². The van der Waals surface area contributed by atoms with Gasteiger partial charge in [-0.15, -0.1) is 0 Å². The molecule has 0 aliphatic carbocycles. The molecule has 0 radical (unpaired) electrons. The molecule has 6 heteroatoms. The molecular weight excluding hydrogens is 324 g/mol. The lowest BCUT2D eigenvalue weighted by molar-refractivity contribution is -0.465. The number of H-pyrrole nitrogens is 1. The van der Waals surface area contributed by atoms with Crippen LogP contribution < -0.4 is 9.72 Å². The zero-order chi connectivity index (χ0) is 18.7. The number of nitriles is 2. The van der Waals surface area contributed by atoms with E-state index in [2.05, 4.69) is 31.7 Å². The van der Waals surface area contributed by atoms with E-state index in [1.54, 1.807) is 0 Å². The highest BCUT2D eigenvalue weighted by molar-refractivity contribution is 5.78. The van der Waals surface area contributed by atoms with E-state index in [1.165, 1.54) is 0 Å². The zero-order valence-corrected chi connectivity index (χ0v) is 15.4. The summed E-state index contributed by atoms with van der Waals surface area (Å²) in [5.74, 6) is 0.964. The fourth-order valence-corrected chi connectivity index (χ4v) is 3.33. The van der Waals surface area contributed by atoms with Crippen molar-refractivity contribution in [2.45, 2.75) is 19.8 Å². The summed E-state index contributed by atoms with van der Waals surface area (Å²) in [7, 11) is 4.08.